The number of benzene rings is 2. The standard InChI is InChI=1S/C16H13BrCl2N2O3/c1-9-4-11(18)2-3-14(9)24-8-15(22)21-20-7-10-5-12(19)6-13(17)16(10)23/h2-7,23H,8H2,1H3,(H,21,22). The Morgan fingerprint density at radius 1 is 1.33 bits per heavy atom. The maximum atomic E-state index is 11.7. The second kappa shape index (κ2) is 8.37. The average Bonchev–Trinajstić information content (AvgIpc) is 2.51. The van der Waals surface area contributed by atoms with Crippen molar-refractivity contribution in [3.05, 3.63) is 56.0 Å². The Balaban J connectivity index is 1.91. The van der Waals surface area contributed by atoms with E-state index in [0.29, 0.717) is 25.8 Å². The predicted molar refractivity (Wildman–Crippen MR) is 98.2 cm³/mol. The lowest BCUT2D eigenvalue weighted by atomic mass is 10.2. The number of carbonyl (C=O) groups excluding carboxylic acids is 1. The molecule has 0 unspecified atom stereocenters. The fourth-order valence-electron chi connectivity index (χ4n) is 1.81. The number of phenolic OH excluding ortho intramolecular Hbond substituents is 1. The summed E-state index contributed by atoms with van der Waals surface area (Å²) in [5.74, 6) is 0.0987. The summed E-state index contributed by atoms with van der Waals surface area (Å²) < 4.78 is 5.83. The molecule has 8 heteroatoms. The number of aryl methyl sites for hydroxylation is 1. The lowest BCUT2D eigenvalue weighted by Crippen LogP contribution is -2.24. The molecule has 0 radical (unpaired) electrons. The first-order valence-electron chi connectivity index (χ1n) is 6.75. The van der Waals surface area contributed by atoms with E-state index in [2.05, 4.69) is 26.5 Å². The van der Waals surface area contributed by atoms with Gasteiger partial charge in [0, 0.05) is 15.6 Å². The van der Waals surface area contributed by atoms with E-state index in [0.717, 1.165) is 5.56 Å². The second-order valence-electron chi connectivity index (χ2n) is 4.82. The number of nitrogens with one attached hydrogen (secondary N) is 1. The van der Waals surface area contributed by atoms with Crippen LogP contribution in [0, 0.1) is 6.92 Å². The van der Waals surface area contributed by atoms with Crippen LogP contribution in [0.3, 0.4) is 0 Å². The van der Waals surface area contributed by atoms with Gasteiger partial charge in [-0.2, -0.15) is 5.10 Å². The molecule has 0 bridgehead atoms. The molecule has 2 aromatic rings. The van der Waals surface area contributed by atoms with Gasteiger partial charge in [0.2, 0.25) is 0 Å². The van der Waals surface area contributed by atoms with Crippen LogP contribution in [0.2, 0.25) is 10.0 Å². The van der Waals surface area contributed by atoms with Gasteiger partial charge >= 0.3 is 0 Å². The lowest BCUT2D eigenvalue weighted by Gasteiger charge is -2.08. The Morgan fingerprint density at radius 3 is 2.79 bits per heavy atom. The summed E-state index contributed by atoms with van der Waals surface area (Å²) in [5.41, 5.74) is 3.50. The van der Waals surface area contributed by atoms with Crippen molar-refractivity contribution < 1.29 is 14.6 Å². The van der Waals surface area contributed by atoms with Crippen molar-refractivity contribution in [2.45, 2.75) is 6.92 Å². The Labute approximate surface area is 157 Å². The summed E-state index contributed by atoms with van der Waals surface area (Å²) in [5, 5.41) is 14.6. The molecule has 0 heterocycles. The zero-order valence-corrected chi connectivity index (χ0v) is 15.6. The van der Waals surface area contributed by atoms with Crippen LogP contribution in [0.5, 0.6) is 11.5 Å². The number of ether oxygens (including phenoxy) is 1. The molecular formula is C16H13BrCl2N2O3. The largest absolute Gasteiger partial charge is 0.506 e. The highest BCUT2D eigenvalue weighted by Gasteiger charge is 2.07. The molecule has 5 nitrogen and oxygen atoms in total. The van der Waals surface area contributed by atoms with E-state index in [1.54, 1.807) is 24.3 Å². The van der Waals surface area contributed by atoms with Gasteiger partial charge in [0.25, 0.3) is 5.91 Å². The minimum absolute atomic E-state index is 0.0227. The van der Waals surface area contributed by atoms with E-state index in [9.17, 15) is 9.90 Å². The second-order valence-corrected chi connectivity index (χ2v) is 6.54. The highest BCUT2D eigenvalue weighted by Crippen LogP contribution is 2.30. The number of rotatable bonds is 5. The number of amides is 1. The number of carbonyl (C=O) groups is 1. The summed E-state index contributed by atoms with van der Waals surface area (Å²) in [4.78, 5) is 11.7. The first-order chi connectivity index (χ1) is 11.4. The molecule has 0 spiro atoms. The van der Waals surface area contributed by atoms with Crippen LogP contribution in [-0.2, 0) is 4.79 Å². The van der Waals surface area contributed by atoms with E-state index in [1.165, 1.54) is 12.3 Å². The van der Waals surface area contributed by atoms with Crippen molar-refractivity contribution in [1.82, 2.24) is 5.43 Å². The molecule has 0 atom stereocenters. The van der Waals surface area contributed by atoms with Gasteiger partial charge in [-0.1, -0.05) is 23.2 Å². The molecule has 0 aliphatic carbocycles. The highest BCUT2D eigenvalue weighted by atomic mass is 79.9. The molecule has 0 aliphatic heterocycles. The molecule has 2 aromatic carbocycles. The van der Waals surface area contributed by atoms with Crippen LogP contribution in [0.1, 0.15) is 11.1 Å². The molecular weight excluding hydrogens is 419 g/mol. The topological polar surface area (TPSA) is 70.9 Å². The maximum Gasteiger partial charge on any atom is 0.277 e. The number of aromatic hydroxyl groups is 1. The third-order valence-corrected chi connectivity index (χ3v) is 4.00. The van der Waals surface area contributed by atoms with Crippen molar-refractivity contribution >= 4 is 51.3 Å². The van der Waals surface area contributed by atoms with Gasteiger partial charge in [-0.15, -0.1) is 0 Å². The molecule has 0 saturated heterocycles. The number of halogens is 3. The van der Waals surface area contributed by atoms with Gasteiger partial charge in [-0.25, -0.2) is 5.43 Å². The molecule has 0 aliphatic rings. The third kappa shape index (κ3) is 5.12. The lowest BCUT2D eigenvalue weighted by molar-refractivity contribution is -0.123. The third-order valence-electron chi connectivity index (χ3n) is 2.95. The minimum Gasteiger partial charge on any atom is -0.506 e. The molecule has 24 heavy (non-hydrogen) atoms. The number of hydrogen-bond donors (Lipinski definition) is 2. The van der Waals surface area contributed by atoms with Gasteiger partial charge in [0.05, 0.1) is 10.7 Å². The zero-order chi connectivity index (χ0) is 17.7. The zero-order valence-electron chi connectivity index (χ0n) is 12.5. The average molecular weight is 432 g/mol. The van der Waals surface area contributed by atoms with E-state index in [1.807, 2.05) is 6.92 Å². The van der Waals surface area contributed by atoms with Crippen LogP contribution >= 0.6 is 39.1 Å². The van der Waals surface area contributed by atoms with E-state index < -0.39 is 5.91 Å². The van der Waals surface area contributed by atoms with Crippen LogP contribution < -0.4 is 10.2 Å². The first kappa shape index (κ1) is 18.6. The maximum absolute atomic E-state index is 11.7. The van der Waals surface area contributed by atoms with Crippen molar-refractivity contribution in [1.29, 1.82) is 0 Å². The van der Waals surface area contributed by atoms with Gasteiger partial charge in [0.1, 0.15) is 11.5 Å². The van der Waals surface area contributed by atoms with Gasteiger partial charge in [-0.05, 0) is 58.7 Å². The summed E-state index contributed by atoms with van der Waals surface area (Å²) in [7, 11) is 0. The Kier molecular flexibility index (Phi) is 6.48. The normalized spacial score (nSPS) is 10.8. The summed E-state index contributed by atoms with van der Waals surface area (Å²) in [6.07, 6.45) is 1.29. The molecule has 126 valence electrons. The fourth-order valence-corrected chi connectivity index (χ4v) is 2.87. The summed E-state index contributed by atoms with van der Waals surface area (Å²) >= 11 is 14.9. The van der Waals surface area contributed by atoms with Crippen molar-refractivity contribution in [2.24, 2.45) is 5.10 Å². The molecule has 2 N–H and O–H groups in total. The first-order valence-corrected chi connectivity index (χ1v) is 8.30. The molecule has 0 fully saturated rings. The van der Waals surface area contributed by atoms with Crippen LogP contribution in [0.25, 0.3) is 0 Å². The van der Waals surface area contributed by atoms with E-state index >= 15 is 0 Å². The molecule has 0 aromatic heterocycles. The quantitative estimate of drug-likeness (QED) is 0.547. The number of phenols is 1. The van der Waals surface area contributed by atoms with Crippen LogP contribution in [0.4, 0.5) is 0 Å². The highest BCUT2D eigenvalue weighted by molar-refractivity contribution is 9.10. The van der Waals surface area contributed by atoms with Crippen LogP contribution in [0.15, 0.2) is 39.9 Å². The molecule has 2 rings (SSSR count). The SMILES string of the molecule is Cc1cc(Cl)ccc1OCC(=O)NN=Cc1cc(Cl)cc(Br)c1O. The van der Waals surface area contributed by atoms with Gasteiger partial charge in [-0.3, -0.25) is 4.79 Å². The summed E-state index contributed by atoms with van der Waals surface area (Å²) in [6.45, 7) is 1.63. The molecule has 0 saturated carbocycles. The van der Waals surface area contributed by atoms with Crippen molar-refractivity contribution in [3.8, 4) is 11.5 Å². The smallest absolute Gasteiger partial charge is 0.277 e. The van der Waals surface area contributed by atoms with Crippen molar-refractivity contribution in [3.63, 3.8) is 0 Å². The van der Waals surface area contributed by atoms with E-state index in [-0.39, 0.29) is 12.4 Å². The number of hydrogen-bond acceptors (Lipinski definition) is 4. The Bertz CT molecular complexity index is 797. The summed E-state index contributed by atoms with van der Waals surface area (Å²) in [6, 6.07) is 8.18. The van der Waals surface area contributed by atoms with Crippen molar-refractivity contribution in [2.75, 3.05) is 6.61 Å². The monoisotopic (exact) mass is 430 g/mol. The van der Waals surface area contributed by atoms with Gasteiger partial charge in [0.15, 0.2) is 6.61 Å². The number of nitrogens with zero attached hydrogens (tertiary/aromatic N) is 1. The van der Waals surface area contributed by atoms with Gasteiger partial charge < -0.3 is 9.84 Å². The van der Waals surface area contributed by atoms with Crippen LogP contribution in [-0.4, -0.2) is 23.8 Å². The Hall–Kier alpha value is -1.76. The number of hydrazone groups is 1. The Morgan fingerprint density at radius 2 is 2.08 bits per heavy atom. The fraction of sp³-hybridized carbons (Fsp3) is 0.125. The predicted octanol–water partition coefficient (Wildman–Crippen LogP) is 4.30. The molecule has 1 amide bonds. The minimum atomic E-state index is -0.443. The van der Waals surface area contributed by atoms with E-state index in [4.69, 9.17) is 27.9 Å².